The van der Waals surface area contributed by atoms with Crippen molar-refractivity contribution in [2.45, 2.75) is 13.5 Å². The van der Waals surface area contributed by atoms with Crippen LogP contribution < -0.4 is 20.1 Å². The van der Waals surface area contributed by atoms with Crippen LogP contribution in [0, 0.1) is 0 Å². The Bertz CT molecular complexity index is 1340. The van der Waals surface area contributed by atoms with Crippen molar-refractivity contribution in [3.05, 3.63) is 89.5 Å². The molecule has 0 saturated carbocycles. The van der Waals surface area contributed by atoms with Gasteiger partial charge >= 0.3 is 6.16 Å². The number of ether oxygens (including phenoxy) is 2. The Morgan fingerprint density at radius 3 is 2.11 bits per heavy atom. The second-order valence-electron chi connectivity index (χ2n) is 7.60. The predicted molar refractivity (Wildman–Crippen MR) is 135 cm³/mol. The zero-order chi connectivity index (χ0) is 26.1. The Morgan fingerprint density at radius 2 is 1.47 bits per heavy atom. The summed E-state index contributed by atoms with van der Waals surface area (Å²) in [7, 11) is -3.40. The third kappa shape index (κ3) is 8.13. The van der Waals surface area contributed by atoms with Gasteiger partial charge in [-0.3, -0.25) is 14.3 Å². The van der Waals surface area contributed by atoms with Gasteiger partial charge in [-0.25, -0.2) is 13.2 Å². The molecule has 36 heavy (non-hydrogen) atoms. The molecule has 0 fully saturated rings. The van der Waals surface area contributed by atoms with Gasteiger partial charge in [0.15, 0.2) is 0 Å². The lowest BCUT2D eigenvalue weighted by atomic mass is 10.1. The van der Waals surface area contributed by atoms with Crippen LogP contribution in [0.3, 0.4) is 0 Å². The van der Waals surface area contributed by atoms with E-state index in [0.717, 1.165) is 11.8 Å². The maximum absolute atomic E-state index is 12.5. The van der Waals surface area contributed by atoms with E-state index < -0.39 is 16.2 Å². The Hall–Kier alpha value is -4.38. The molecular weight excluding hydrogens is 486 g/mol. The lowest BCUT2D eigenvalue weighted by molar-refractivity contribution is 0.0950. The zero-order valence-electron chi connectivity index (χ0n) is 19.6. The Morgan fingerprint density at radius 1 is 0.833 bits per heavy atom. The Labute approximate surface area is 208 Å². The van der Waals surface area contributed by atoms with Gasteiger partial charge in [-0.1, -0.05) is 12.1 Å². The van der Waals surface area contributed by atoms with Crippen LogP contribution in [-0.2, 0) is 21.3 Å². The summed E-state index contributed by atoms with van der Waals surface area (Å²) in [5.41, 5.74) is 2.38. The molecule has 0 spiro atoms. The van der Waals surface area contributed by atoms with Crippen molar-refractivity contribution in [3.8, 4) is 5.75 Å². The number of hydrogen-bond acceptors (Lipinski definition) is 7. The molecule has 11 heteroatoms. The number of sulfonamides is 1. The molecule has 0 radical (unpaired) electrons. The Kier molecular flexibility index (Phi) is 8.63. The van der Waals surface area contributed by atoms with Gasteiger partial charge in [-0.05, 0) is 73.2 Å². The highest BCUT2D eigenvalue weighted by molar-refractivity contribution is 7.92. The van der Waals surface area contributed by atoms with Gasteiger partial charge in [0.05, 0.1) is 12.9 Å². The number of carbonyl (C=O) groups excluding carboxylic acids is 3. The minimum absolute atomic E-state index is 0.197. The molecule has 0 aliphatic carbocycles. The molecule has 0 unspecified atom stereocenters. The molecule has 3 N–H and O–H groups in total. The van der Waals surface area contributed by atoms with Gasteiger partial charge < -0.3 is 20.1 Å². The topological polar surface area (TPSA) is 140 Å². The van der Waals surface area contributed by atoms with Gasteiger partial charge in [0.2, 0.25) is 10.0 Å². The number of rotatable bonds is 9. The monoisotopic (exact) mass is 511 g/mol. The van der Waals surface area contributed by atoms with Crippen LogP contribution in [0.15, 0.2) is 72.8 Å². The summed E-state index contributed by atoms with van der Waals surface area (Å²) in [5.74, 6) is -0.433. The first-order valence-electron chi connectivity index (χ1n) is 10.8. The summed E-state index contributed by atoms with van der Waals surface area (Å²) >= 11 is 0. The van der Waals surface area contributed by atoms with Crippen molar-refractivity contribution in [1.29, 1.82) is 0 Å². The fourth-order valence-electron chi connectivity index (χ4n) is 3.07. The molecule has 0 saturated heterocycles. The highest BCUT2D eigenvalue weighted by Crippen LogP contribution is 2.16. The lowest BCUT2D eigenvalue weighted by Crippen LogP contribution is -2.22. The highest BCUT2D eigenvalue weighted by atomic mass is 32.2. The molecule has 0 aliphatic heterocycles. The molecular formula is C25H25N3O7S. The number of anilines is 2. The van der Waals surface area contributed by atoms with Crippen molar-refractivity contribution < 1.29 is 32.3 Å². The number of hydrogen-bond donors (Lipinski definition) is 3. The maximum Gasteiger partial charge on any atom is 0.513 e. The van der Waals surface area contributed by atoms with Crippen LogP contribution in [0.25, 0.3) is 0 Å². The van der Waals surface area contributed by atoms with Crippen molar-refractivity contribution >= 4 is 39.4 Å². The Balaban J connectivity index is 1.55. The van der Waals surface area contributed by atoms with E-state index in [1.165, 1.54) is 48.5 Å². The summed E-state index contributed by atoms with van der Waals surface area (Å²) in [4.78, 5) is 36.4. The summed E-state index contributed by atoms with van der Waals surface area (Å²) in [5, 5.41) is 5.57. The SMILES string of the molecule is CCOC(=O)Oc1ccc(C(=O)NCc2cccc(NC(=O)c3ccc(NS(C)(=O)=O)cc3)c2)cc1. The number of benzene rings is 3. The first-order chi connectivity index (χ1) is 17.1. The van der Waals surface area contributed by atoms with Crippen LogP contribution >= 0.6 is 0 Å². The molecule has 3 aromatic rings. The average molecular weight is 512 g/mol. The summed E-state index contributed by atoms with van der Waals surface area (Å²) in [6.45, 7) is 2.08. The third-order valence-corrected chi connectivity index (χ3v) is 5.27. The molecule has 0 aliphatic rings. The van der Waals surface area contributed by atoms with Gasteiger partial charge in [-0.2, -0.15) is 0 Å². The minimum atomic E-state index is -3.40. The maximum atomic E-state index is 12.5. The standard InChI is InChI=1S/C25H25N3O7S/c1-3-34-25(31)35-22-13-9-18(10-14-22)23(29)26-16-17-5-4-6-21(15-17)27-24(30)19-7-11-20(12-8-19)28-36(2,32)33/h4-15,28H,3,16H2,1-2H3,(H,26,29)(H,27,30). The largest absolute Gasteiger partial charge is 0.513 e. The second kappa shape index (κ2) is 11.8. The number of carbonyl (C=O) groups is 3. The predicted octanol–water partition coefficient (Wildman–Crippen LogP) is 3.78. The van der Waals surface area contributed by atoms with E-state index in [2.05, 4.69) is 15.4 Å². The molecule has 3 aromatic carbocycles. The molecule has 0 atom stereocenters. The summed E-state index contributed by atoms with van der Waals surface area (Å²) in [6.07, 6.45) is 0.227. The fourth-order valence-corrected chi connectivity index (χ4v) is 3.63. The molecule has 10 nitrogen and oxygen atoms in total. The molecule has 0 aromatic heterocycles. The normalized spacial score (nSPS) is 10.7. The van der Waals surface area contributed by atoms with E-state index in [1.807, 2.05) is 0 Å². The number of amides is 2. The van der Waals surface area contributed by atoms with Crippen LogP contribution in [0.4, 0.5) is 16.2 Å². The van der Waals surface area contributed by atoms with Crippen LogP contribution in [0.2, 0.25) is 0 Å². The van der Waals surface area contributed by atoms with E-state index in [0.29, 0.717) is 22.5 Å². The van der Waals surface area contributed by atoms with Gasteiger partial charge in [0.25, 0.3) is 11.8 Å². The zero-order valence-corrected chi connectivity index (χ0v) is 20.4. The summed E-state index contributed by atoms with van der Waals surface area (Å²) in [6, 6.07) is 19.0. The summed E-state index contributed by atoms with van der Waals surface area (Å²) < 4.78 is 34.6. The highest BCUT2D eigenvalue weighted by Gasteiger charge is 2.10. The average Bonchev–Trinajstić information content (AvgIpc) is 2.83. The molecule has 2 amide bonds. The van der Waals surface area contributed by atoms with E-state index >= 15 is 0 Å². The van der Waals surface area contributed by atoms with Gasteiger partial charge in [0, 0.05) is 29.0 Å². The van der Waals surface area contributed by atoms with E-state index in [1.54, 1.807) is 31.2 Å². The molecule has 188 valence electrons. The van der Waals surface area contributed by atoms with Crippen LogP contribution in [0.1, 0.15) is 33.2 Å². The number of nitrogens with one attached hydrogen (secondary N) is 3. The van der Waals surface area contributed by atoms with Crippen molar-refractivity contribution in [2.24, 2.45) is 0 Å². The van der Waals surface area contributed by atoms with E-state index in [4.69, 9.17) is 9.47 Å². The fraction of sp³-hybridized carbons (Fsp3) is 0.160. The lowest BCUT2D eigenvalue weighted by Gasteiger charge is -2.10. The second-order valence-corrected chi connectivity index (χ2v) is 9.35. The first kappa shape index (κ1) is 26.2. The van der Waals surface area contributed by atoms with E-state index in [9.17, 15) is 22.8 Å². The molecule has 0 bridgehead atoms. The molecule has 3 rings (SSSR count). The van der Waals surface area contributed by atoms with Crippen LogP contribution in [0.5, 0.6) is 5.75 Å². The smallest absolute Gasteiger partial charge is 0.434 e. The van der Waals surface area contributed by atoms with Gasteiger partial charge in [0.1, 0.15) is 5.75 Å². The van der Waals surface area contributed by atoms with Crippen molar-refractivity contribution in [2.75, 3.05) is 22.9 Å². The molecule has 0 heterocycles. The van der Waals surface area contributed by atoms with E-state index in [-0.39, 0.29) is 30.7 Å². The third-order valence-electron chi connectivity index (χ3n) is 4.67. The van der Waals surface area contributed by atoms with Crippen molar-refractivity contribution in [1.82, 2.24) is 5.32 Å². The minimum Gasteiger partial charge on any atom is -0.434 e. The van der Waals surface area contributed by atoms with Gasteiger partial charge in [-0.15, -0.1) is 0 Å². The van der Waals surface area contributed by atoms with Crippen LogP contribution in [-0.4, -0.2) is 39.3 Å². The quantitative estimate of drug-likeness (QED) is 0.293. The first-order valence-corrected chi connectivity index (χ1v) is 12.7. The van der Waals surface area contributed by atoms with Crippen molar-refractivity contribution in [3.63, 3.8) is 0 Å².